The van der Waals surface area contributed by atoms with Crippen LogP contribution in [0.25, 0.3) is 0 Å². The Bertz CT molecular complexity index is 454. The fraction of sp³-hybridized carbons (Fsp3) is 0.778. The molecule has 1 atom stereocenters. The summed E-state index contributed by atoms with van der Waals surface area (Å²) < 4.78 is 5.92. The summed E-state index contributed by atoms with van der Waals surface area (Å²) in [5, 5.41) is 0. The lowest BCUT2D eigenvalue weighted by Gasteiger charge is -2.24. The molecule has 2 aliphatic heterocycles. The molecule has 0 spiro atoms. The van der Waals surface area contributed by atoms with Crippen molar-refractivity contribution < 1.29 is 4.74 Å². The van der Waals surface area contributed by atoms with E-state index in [1.165, 1.54) is 61.6 Å². The highest BCUT2D eigenvalue weighted by Gasteiger charge is 2.20. The van der Waals surface area contributed by atoms with Crippen LogP contribution < -0.4 is 0 Å². The van der Waals surface area contributed by atoms with E-state index in [1.54, 1.807) is 0 Å². The normalized spacial score (nSPS) is 25.5. The van der Waals surface area contributed by atoms with Crippen molar-refractivity contribution in [2.45, 2.75) is 58.2 Å². The van der Waals surface area contributed by atoms with Crippen molar-refractivity contribution in [2.24, 2.45) is 0 Å². The molecule has 0 radical (unpaired) electrons. The first kappa shape index (κ1) is 16.4. The van der Waals surface area contributed by atoms with Gasteiger partial charge in [0.25, 0.3) is 0 Å². The maximum atomic E-state index is 5.92. The summed E-state index contributed by atoms with van der Waals surface area (Å²) in [6, 6.07) is 5.30. The predicted octanol–water partition coefficient (Wildman–Crippen LogP) is 3.91. The Morgan fingerprint density at radius 1 is 1.14 bits per heavy atom. The topological polar surface area (TPSA) is 15.7 Å². The largest absolute Gasteiger partial charge is 0.373 e. The van der Waals surface area contributed by atoms with Crippen molar-refractivity contribution in [3.05, 3.63) is 21.9 Å². The average Bonchev–Trinajstić information content (AvgIpc) is 2.86. The van der Waals surface area contributed by atoms with E-state index in [0.29, 0.717) is 12.1 Å². The van der Waals surface area contributed by atoms with E-state index in [-0.39, 0.29) is 0 Å². The van der Waals surface area contributed by atoms with Crippen LogP contribution in [0.2, 0.25) is 0 Å². The van der Waals surface area contributed by atoms with Crippen molar-refractivity contribution in [3.63, 3.8) is 0 Å². The van der Waals surface area contributed by atoms with E-state index in [4.69, 9.17) is 4.74 Å². The van der Waals surface area contributed by atoms with Gasteiger partial charge in [-0.1, -0.05) is 0 Å². The van der Waals surface area contributed by atoms with Crippen LogP contribution in [0, 0.1) is 0 Å². The van der Waals surface area contributed by atoms with E-state index >= 15 is 0 Å². The Labute approximate surface area is 139 Å². The molecule has 4 heteroatoms. The van der Waals surface area contributed by atoms with Gasteiger partial charge >= 0.3 is 0 Å². The minimum Gasteiger partial charge on any atom is -0.373 e. The summed E-state index contributed by atoms with van der Waals surface area (Å²) in [7, 11) is 0. The molecule has 0 N–H and O–H groups in total. The lowest BCUT2D eigenvalue weighted by molar-refractivity contribution is 0.0172. The second-order valence-corrected chi connectivity index (χ2v) is 8.12. The monoisotopic (exact) mass is 322 g/mol. The third-order valence-corrected chi connectivity index (χ3v) is 6.07. The molecule has 1 aromatic rings. The van der Waals surface area contributed by atoms with Crippen molar-refractivity contribution in [1.82, 2.24) is 9.80 Å². The van der Waals surface area contributed by atoms with Crippen LogP contribution in [0.5, 0.6) is 0 Å². The van der Waals surface area contributed by atoms with E-state index in [2.05, 4.69) is 35.8 Å². The summed E-state index contributed by atoms with van der Waals surface area (Å²) in [5.41, 5.74) is 0. The minimum absolute atomic E-state index is 0.369. The number of thiophene rings is 1. The van der Waals surface area contributed by atoms with Gasteiger partial charge in [0.05, 0.1) is 6.10 Å². The van der Waals surface area contributed by atoms with Gasteiger partial charge in [-0.3, -0.25) is 9.80 Å². The molecule has 0 saturated carbocycles. The smallest absolute Gasteiger partial charge is 0.0916 e. The van der Waals surface area contributed by atoms with Crippen LogP contribution in [0.1, 0.15) is 55.4 Å². The van der Waals surface area contributed by atoms with Gasteiger partial charge in [0, 0.05) is 42.0 Å². The van der Waals surface area contributed by atoms with Crippen LogP contribution >= 0.6 is 11.3 Å². The van der Waals surface area contributed by atoms with E-state index in [1.807, 2.05) is 11.3 Å². The highest BCUT2D eigenvalue weighted by Crippen LogP contribution is 2.33. The Balaban J connectivity index is 1.53. The molecular formula is C18H30N2OS. The van der Waals surface area contributed by atoms with Crippen LogP contribution in [-0.2, 0) is 11.3 Å². The van der Waals surface area contributed by atoms with E-state index in [9.17, 15) is 0 Å². The van der Waals surface area contributed by atoms with Crippen LogP contribution in [0.4, 0.5) is 0 Å². The lowest BCUT2D eigenvalue weighted by atomic mass is 10.1. The van der Waals surface area contributed by atoms with Gasteiger partial charge in [-0.25, -0.2) is 0 Å². The molecule has 22 heavy (non-hydrogen) atoms. The molecule has 1 aromatic heterocycles. The second-order valence-electron chi connectivity index (χ2n) is 6.92. The number of nitrogens with zero attached hydrogens (tertiary/aromatic N) is 2. The first-order valence-electron chi connectivity index (χ1n) is 8.89. The molecule has 0 bridgehead atoms. The summed E-state index contributed by atoms with van der Waals surface area (Å²) in [6.45, 7) is 11.6. The molecule has 3 nitrogen and oxygen atoms in total. The molecule has 0 amide bonds. The SMILES string of the molecule is CC(C)N1CCCN(Cc2ccc([C@@H]3CCCCO3)s2)CC1. The van der Waals surface area contributed by atoms with Crippen LogP contribution in [0.15, 0.2) is 12.1 Å². The lowest BCUT2D eigenvalue weighted by Crippen LogP contribution is -2.34. The van der Waals surface area contributed by atoms with Gasteiger partial charge in [-0.2, -0.15) is 0 Å². The quantitative estimate of drug-likeness (QED) is 0.836. The van der Waals surface area contributed by atoms with Gasteiger partial charge in [0.15, 0.2) is 0 Å². The molecule has 124 valence electrons. The Hall–Kier alpha value is -0.420. The average molecular weight is 323 g/mol. The molecule has 3 heterocycles. The molecule has 2 fully saturated rings. The summed E-state index contributed by atoms with van der Waals surface area (Å²) in [5.74, 6) is 0. The van der Waals surface area contributed by atoms with Gasteiger partial charge in [0.2, 0.25) is 0 Å². The van der Waals surface area contributed by atoms with Crippen molar-refractivity contribution in [3.8, 4) is 0 Å². The molecule has 3 rings (SSSR count). The molecule has 2 aliphatic rings. The van der Waals surface area contributed by atoms with Crippen molar-refractivity contribution in [2.75, 3.05) is 32.8 Å². The molecule has 0 aromatic carbocycles. The fourth-order valence-electron chi connectivity index (χ4n) is 3.50. The zero-order chi connectivity index (χ0) is 15.4. The first-order chi connectivity index (χ1) is 10.7. The Morgan fingerprint density at radius 2 is 2.05 bits per heavy atom. The fourth-order valence-corrected chi connectivity index (χ4v) is 4.64. The third kappa shape index (κ3) is 4.31. The van der Waals surface area contributed by atoms with E-state index < -0.39 is 0 Å². The zero-order valence-electron chi connectivity index (χ0n) is 14.1. The molecular weight excluding hydrogens is 292 g/mol. The van der Waals surface area contributed by atoms with Gasteiger partial charge < -0.3 is 4.74 Å². The molecule has 0 aliphatic carbocycles. The third-order valence-electron chi connectivity index (χ3n) is 4.91. The summed E-state index contributed by atoms with van der Waals surface area (Å²) in [4.78, 5) is 8.17. The Kier molecular flexibility index (Phi) is 5.91. The van der Waals surface area contributed by atoms with E-state index in [0.717, 1.165) is 13.2 Å². The first-order valence-corrected chi connectivity index (χ1v) is 9.70. The highest BCUT2D eigenvalue weighted by molar-refractivity contribution is 7.12. The Morgan fingerprint density at radius 3 is 2.82 bits per heavy atom. The number of hydrogen-bond donors (Lipinski definition) is 0. The van der Waals surface area contributed by atoms with Crippen LogP contribution in [0.3, 0.4) is 0 Å². The summed E-state index contributed by atoms with van der Waals surface area (Å²) in [6.07, 6.45) is 5.41. The molecule has 0 unspecified atom stereocenters. The maximum Gasteiger partial charge on any atom is 0.0916 e. The van der Waals surface area contributed by atoms with Crippen molar-refractivity contribution >= 4 is 11.3 Å². The number of rotatable bonds is 4. The standard InChI is InChI=1S/C18H30N2OS/c1-15(2)20-10-5-9-19(11-12-20)14-16-7-8-18(22-16)17-6-3-4-13-21-17/h7-8,15,17H,3-6,9-14H2,1-2H3/t17-/m0/s1. The maximum absolute atomic E-state index is 5.92. The van der Waals surface area contributed by atoms with Gasteiger partial charge in [0.1, 0.15) is 0 Å². The minimum atomic E-state index is 0.369. The number of hydrogen-bond acceptors (Lipinski definition) is 4. The second kappa shape index (κ2) is 7.91. The zero-order valence-corrected chi connectivity index (χ0v) is 14.9. The van der Waals surface area contributed by atoms with Crippen LogP contribution in [-0.4, -0.2) is 48.6 Å². The highest BCUT2D eigenvalue weighted by atomic mass is 32.1. The van der Waals surface area contributed by atoms with Gasteiger partial charge in [-0.15, -0.1) is 11.3 Å². The molecule has 2 saturated heterocycles. The predicted molar refractivity (Wildman–Crippen MR) is 93.5 cm³/mol. The summed E-state index contributed by atoms with van der Waals surface area (Å²) >= 11 is 1.97. The van der Waals surface area contributed by atoms with Gasteiger partial charge in [-0.05, 0) is 64.8 Å². The van der Waals surface area contributed by atoms with Crippen molar-refractivity contribution in [1.29, 1.82) is 0 Å². The number of ether oxygens (including phenoxy) is 1.